The van der Waals surface area contributed by atoms with Gasteiger partial charge in [-0.2, -0.15) is 0 Å². The Kier molecular flexibility index (Phi) is 7.46. The predicted molar refractivity (Wildman–Crippen MR) is 205 cm³/mol. The Balaban J connectivity index is 0.922. The van der Waals surface area contributed by atoms with E-state index in [1.165, 1.54) is 54.2 Å². The number of hydrogen-bond acceptors (Lipinski definition) is 3. The molecule has 2 aromatic heterocycles. The van der Waals surface area contributed by atoms with Crippen LogP contribution in [0.4, 0.5) is 0 Å². The molecule has 0 aliphatic carbocycles. The second-order valence-electron chi connectivity index (χ2n) is 12.4. The van der Waals surface area contributed by atoms with E-state index in [1.54, 1.807) is 0 Å². The third-order valence-corrected chi connectivity index (χ3v) is 9.35. The van der Waals surface area contributed by atoms with Crippen LogP contribution in [0.5, 0.6) is 0 Å². The van der Waals surface area contributed by atoms with E-state index in [1.807, 2.05) is 30.6 Å². The van der Waals surface area contributed by atoms with E-state index >= 15 is 0 Å². The highest BCUT2D eigenvalue weighted by Crippen LogP contribution is 2.37. The number of fused-ring (bicyclic) bond motifs is 3. The first kappa shape index (κ1) is 29.3. The van der Waals surface area contributed by atoms with Gasteiger partial charge in [-0.05, 0) is 100 Å². The molecule has 6 aromatic carbocycles. The largest absolute Gasteiger partial charge is 0.398 e. The molecule has 0 bridgehead atoms. The minimum absolute atomic E-state index is 0.733. The fourth-order valence-corrected chi connectivity index (χ4v) is 6.96. The monoisotopic (exact) mass is 620 g/mol. The molecule has 0 amide bonds. The van der Waals surface area contributed by atoms with E-state index in [2.05, 4.69) is 138 Å². The Labute approximate surface area is 280 Å². The van der Waals surface area contributed by atoms with Crippen molar-refractivity contribution in [3.05, 3.63) is 169 Å². The molecule has 0 aliphatic heterocycles. The molecule has 0 fully saturated rings. The second-order valence-corrected chi connectivity index (χ2v) is 12.4. The van der Waals surface area contributed by atoms with Gasteiger partial charge in [0.05, 0.1) is 17.2 Å². The van der Waals surface area contributed by atoms with Crippen LogP contribution in [0.15, 0.2) is 152 Å². The van der Waals surface area contributed by atoms with Crippen LogP contribution in [-0.4, -0.2) is 9.55 Å². The minimum atomic E-state index is 0.733. The van der Waals surface area contributed by atoms with Gasteiger partial charge in [0.25, 0.3) is 0 Å². The SMILES string of the molecule is Cc1ccc2c(c1)c1ccncc1n2-c1ccc(/C(N)=C/C=C\CC/C=C\C=C(/N)c2ccc3ccc4cccc5ccc2c3c45)cc1. The second kappa shape index (κ2) is 12.2. The molecule has 0 atom stereocenters. The van der Waals surface area contributed by atoms with Gasteiger partial charge >= 0.3 is 0 Å². The Morgan fingerprint density at radius 3 is 2.10 bits per heavy atom. The first-order valence-electron chi connectivity index (χ1n) is 16.4. The van der Waals surface area contributed by atoms with Gasteiger partial charge in [-0.3, -0.25) is 4.98 Å². The first-order valence-corrected chi connectivity index (χ1v) is 16.4. The first-order chi connectivity index (χ1) is 23.6. The molecule has 4 heteroatoms. The van der Waals surface area contributed by atoms with Crippen molar-refractivity contribution in [3.8, 4) is 5.69 Å². The summed E-state index contributed by atoms with van der Waals surface area (Å²) in [5, 5.41) is 9.99. The average Bonchev–Trinajstić information content (AvgIpc) is 3.45. The van der Waals surface area contributed by atoms with E-state index in [4.69, 9.17) is 11.5 Å². The molecule has 232 valence electrons. The summed E-state index contributed by atoms with van der Waals surface area (Å²) in [6, 6.07) is 36.7. The molecule has 0 aliphatic rings. The third kappa shape index (κ3) is 5.18. The summed E-state index contributed by atoms with van der Waals surface area (Å²) in [4.78, 5) is 4.40. The maximum atomic E-state index is 6.61. The van der Waals surface area contributed by atoms with E-state index in [0.29, 0.717) is 0 Å². The lowest BCUT2D eigenvalue weighted by Gasteiger charge is -2.14. The summed E-state index contributed by atoms with van der Waals surface area (Å²) in [6.07, 6.45) is 18.0. The van der Waals surface area contributed by atoms with Crippen molar-refractivity contribution >= 4 is 65.5 Å². The zero-order chi connectivity index (χ0) is 32.6. The number of unbranched alkanes of at least 4 members (excludes halogenated alkanes) is 1. The number of rotatable bonds is 8. The summed E-state index contributed by atoms with van der Waals surface area (Å²) in [6.45, 7) is 2.13. The molecule has 0 spiro atoms. The number of allylic oxidation sites excluding steroid dienone is 6. The molecular weight excluding hydrogens is 585 g/mol. The third-order valence-electron chi connectivity index (χ3n) is 9.35. The van der Waals surface area contributed by atoms with Crippen molar-refractivity contribution in [1.29, 1.82) is 0 Å². The zero-order valence-electron chi connectivity index (χ0n) is 26.9. The molecule has 8 rings (SSSR count). The number of pyridine rings is 1. The highest BCUT2D eigenvalue weighted by Gasteiger charge is 2.13. The fraction of sp³-hybridized carbons (Fsp3) is 0.0682. The molecule has 2 heterocycles. The molecule has 4 nitrogen and oxygen atoms in total. The normalized spacial score (nSPS) is 13.1. The van der Waals surface area contributed by atoms with Crippen molar-refractivity contribution in [2.24, 2.45) is 11.5 Å². The topological polar surface area (TPSA) is 69.9 Å². The van der Waals surface area contributed by atoms with Gasteiger partial charge in [0.2, 0.25) is 0 Å². The summed E-state index contributed by atoms with van der Waals surface area (Å²) in [7, 11) is 0. The molecule has 0 unspecified atom stereocenters. The minimum Gasteiger partial charge on any atom is -0.398 e. The van der Waals surface area contributed by atoms with Gasteiger partial charge in [-0.15, -0.1) is 0 Å². The maximum absolute atomic E-state index is 6.61. The molecule has 48 heavy (non-hydrogen) atoms. The van der Waals surface area contributed by atoms with Gasteiger partial charge < -0.3 is 16.0 Å². The van der Waals surface area contributed by atoms with Crippen LogP contribution < -0.4 is 11.5 Å². The van der Waals surface area contributed by atoms with Crippen molar-refractivity contribution in [3.63, 3.8) is 0 Å². The van der Waals surface area contributed by atoms with Crippen molar-refractivity contribution < 1.29 is 0 Å². The van der Waals surface area contributed by atoms with Gasteiger partial charge in [-0.1, -0.05) is 103 Å². The van der Waals surface area contributed by atoms with Crippen LogP contribution in [0.3, 0.4) is 0 Å². The van der Waals surface area contributed by atoms with E-state index in [9.17, 15) is 0 Å². The number of benzene rings is 6. The lowest BCUT2D eigenvalue weighted by molar-refractivity contribution is 1.05. The summed E-state index contributed by atoms with van der Waals surface area (Å²) >= 11 is 0. The van der Waals surface area contributed by atoms with Gasteiger partial charge in [0, 0.05) is 39.6 Å². The fourth-order valence-electron chi connectivity index (χ4n) is 6.96. The predicted octanol–water partition coefficient (Wildman–Crippen LogP) is 10.6. The van der Waals surface area contributed by atoms with Crippen LogP contribution in [0.2, 0.25) is 0 Å². The zero-order valence-corrected chi connectivity index (χ0v) is 26.9. The van der Waals surface area contributed by atoms with Crippen LogP contribution in [0, 0.1) is 6.92 Å². The van der Waals surface area contributed by atoms with E-state index < -0.39 is 0 Å². The molecule has 0 saturated carbocycles. The van der Waals surface area contributed by atoms with E-state index in [-0.39, 0.29) is 0 Å². The molecular formula is C44H36N4. The number of aromatic nitrogens is 2. The van der Waals surface area contributed by atoms with E-state index in [0.717, 1.165) is 46.6 Å². The van der Waals surface area contributed by atoms with Gasteiger partial charge in [0.1, 0.15) is 0 Å². The summed E-state index contributed by atoms with van der Waals surface area (Å²) in [5.41, 5.74) is 21.2. The molecule has 0 saturated heterocycles. The number of hydrogen-bond donors (Lipinski definition) is 2. The maximum Gasteiger partial charge on any atom is 0.0724 e. The molecule has 4 N–H and O–H groups in total. The number of nitrogens with two attached hydrogens (primary N) is 2. The number of aryl methyl sites for hydroxylation is 1. The van der Waals surface area contributed by atoms with Gasteiger partial charge in [0.15, 0.2) is 0 Å². The van der Waals surface area contributed by atoms with Crippen molar-refractivity contribution in [2.75, 3.05) is 0 Å². The lowest BCUT2D eigenvalue weighted by Crippen LogP contribution is -1.98. The lowest BCUT2D eigenvalue weighted by atomic mass is 9.91. The molecule has 0 radical (unpaired) electrons. The van der Waals surface area contributed by atoms with Crippen molar-refractivity contribution in [2.45, 2.75) is 19.8 Å². The number of nitrogens with zero attached hydrogens (tertiary/aromatic N) is 2. The Hall–Kier alpha value is -6.13. The smallest absolute Gasteiger partial charge is 0.0724 e. The van der Waals surface area contributed by atoms with Crippen LogP contribution in [0.1, 0.15) is 29.5 Å². The van der Waals surface area contributed by atoms with Crippen LogP contribution in [0.25, 0.3) is 71.2 Å². The Morgan fingerprint density at radius 1 is 0.646 bits per heavy atom. The molecule has 8 aromatic rings. The quantitative estimate of drug-likeness (QED) is 0.101. The van der Waals surface area contributed by atoms with Crippen LogP contribution in [-0.2, 0) is 0 Å². The summed E-state index contributed by atoms with van der Waals surface area (Å²) in [5.74, 6) is 0. The van der Waals surface area contributed by atoms with Crippen molar-refractivity contribution in [1.82, 2.24) is 9.55 Å². The highest BCUT2D eigenvalue weighted by molar-refractivity contribution is 6.24. The average molecular weight is 621 g/mol. The van der Waals surface area contributed by atoms with Crippen LogP contribution >= 0.6 is 0 Å². The highest BCUT2D eigenvalue weighted by atomic mass is 15.0. The standard InChI is InChI=1S/C44H36N4/c1-29-13-24-41-38(27-29)36-25-26-47-28-42(36)48(41)34-20-16-30(17-21-34)39(45)11-6-4-2-3-5-7-12-40(46)35-22-18-33-15-14-31-9-8-10-32-19-23-37(35)44(33)43(31)32/h4-28H,2-3,45-46H2,1H3/b6-4-,7-5-,39-11-,40-12-. The Bertz CT molecular complexity index is 2560. The summed E-state index contributed by atoms with van der Waals surface area (Å²) < 4.78 is 2.27. The van der Waals surface area contributed by atoms with Gasteiger partial charge in [-0.25, -0.2) is 0 Å². The Morgan fingerprint density at radius 2 is 1.33 bits per heavy atom.